The first kappa shape index (κ1) is 10.1. The first-order chi connectivity index (χ1) is 8.29. The van der Waals surface area contributed by atoms with Crippen LogP contribution in [-0.2, 0) is 6.42 Å². The quantitative estimate of drug-likeness (QED) is 0.635. The van der Waals surface area contributed by atoms with Gasteiger partial charge < -0.3 is 4.74 Å². The summed E-state index contributed by atoms with van der Waals surface area (Å²) in [7, 11) is 1.61. The van der Waals surface area contributed by atoms with Gasteiger partial charge >= 0.3 is 0 Å². The van der Waals surface area contributed by atoms with Crippen LogP contribution in [0.4, 0.5) is 0 Å². The minimum absolute atomic E-state index is 0.0979. The average Bonchev–Trinajstić information content (AvgIpc) is 2.39. The number of fused-ring (bicyclic) bond motifs is 2. The number of hydrogen-bond acceptors (Lipinski definition) is 2. The molecule has 0 radical (unpaired) electrons. The second-order valence-electron chi connectivity index (χ2n) is 4.19. The van der Waals surface area contributed by atoms with E-state index >= 15 is 0 Å². The molecule has 0 amide bonds. The van der Waals surface area contributed by atoms with Gasteiger partial charge in [-0.25, -0.2) is 0 Å². The maximum absolute atomic E-state index is 12.3. The molecule has 0 atom stereocenters. The van der Waals surface area contributed by atoms with Crippen LogP contribution in [0.5, 0.6) is 5.75 Å². The third kappa shape index (κ3) is 1.53. The van der Waals surface area contributed by atoms with E-state index in [1.807, 2.05) is 42.5 Å². The van der Waals surface area contributed by atoms with E-state index in [4.69, 9.17) is 4.74 Å². The Labute approximate surface area is 99.9 Å². The van der Waals surface area contributed by atoms with E-state index in [0.29, 0.717) is 0 Å². The standard InChI is InChI=1S/C15H12O2/c1-17-12-7-6-11-8-10-4-2-3-5-13(10)15(16)14(11)9-12/h2-7,9H,8H2,1H3. The molecular formula is C15H12O2. The molecule has 0 saturated carbocycles. The van der Waals surface area contributed by atoms with Gasteiger partial charge in [-0.05, 0) is 29.7 Å². The average molecular weight is 224 g/mol. The number of rotatable bonds is 1. The molecular weight excluding hydrogens is 212 g/mol. The van der Waals surface area contributed by atoms with Gasteiger partial charge in [-0.15, -0.1) is 0 Å². The molecule has 2 heteroatoms. The van der Waals surface area contributed by atoms with Gasteiger partial charge in [0.15, 0.2) is 5.78 Å². The zero-order valence-corrected chi connectivity index (χ0v) is 9.57. The monoisotopic (exact) mass is 224 g/mol. The molecule has 0 spiro atoms. The van der Waals surface area contributed by atoms with Crippen molar-refractivity contribution in [1.82, 2.24) is 0 Å². The van der Waals surface area contributed by atoms with Crippen LogP contribution >= 0.6 is 0 Å². The van der Waals surface area contributed by atoms with E-state index < -0.39 is 0 Å². The van der Waals surface area contributed by atoms with Crippen LogP contribution in [0.3, 0.4) is 0 Å². The summed E-state index contributed by atoms with van der Waals surface area (Å²) in [6.07, 6.45) is 0.821. The van der Waals surface area contributed by atoms with Crippen molar-refractivity contribution in [2.24, 2.45) is 0 Å². The highest BCUT2D eigenvalue weighted by molar-refractivity contribution is 6.12. The Morgan fingerprint density at radius 1 is 1.00 bits per heavy atom. The Bertz CT molecular complexity index is 600. The maximum atomic E-state index is 12.3. The van der Waals surface area contributed by atoms with Crippen LogP contribution in [0.25, 0.3) is 0 Å². The zero-order valence-electron chi connectivity index (χ0n) is 9.57. The first-order valence-electron chi connectivity index (χ1n) is 5.59. The fraction of sp³-hybridized carbons (Fsp3) is 0.133. The highest BCUT2D eigenvalue weighted by atomic mass is 16.5. The van der Waals surface area contributed by atoms with Crippen molar-refractivity contribution >= 4 is 5.78 Å². The minimum atomic E-state index is 0.0979. The zero-order chi connectivity index (χ0) is 11.8. The molecule has 0 N–H and O–H groups in total. The Kier molecular flexibility index (Phi) is 2.22. The molecule has 84 valence electrons. The smallest absolute Gasteiger partial charge is 0.193 e. The second kappa shape index (κ2) is 3.74. The van der Waals surface area contributed by atoms with E-state index in [-0.39, 0.29) is 5.78 Å². The molecule has 0 aromatic heterocycles. The molecule has 0 heterocycles. The van der Waals surface area contributed by atoms with E-state index in [1.165, 1.54) is 0 Å². The molecule has 2 nitrogen and oxygen atoms in total. The number of methoxy groups -OCH3 is 1. The summed E-state index contributed by atoms with van der Waals surface area (Å²) < 4.78 is 5.16. The molecule has 3 rings (SSSR count). The van der Waals surface area contributed by atoms with Crippen molar-refractivity contribution < 1.29 is 9.53 Å². The first-order valence-corrected chi connectivity index (χ1v) is 5.59. The van der Waals surface area contributed by atoms with Gasteiger partial charge in [0, 0.05) is 11.1 Å². The van der Waals surface area contributed by atoms with Gasteiger partial charge in [0.1, 0.15) is 5.75 Å². The Morgan fingerprint density at radius 3 is 2.59 bits per heavy atom. The summed E-state index contributed by atoms with van der Waals surface area (Å²) in [5.74, 6) is 0.831. The third-order valence-corrected chi connectivity index (χ3v) is 3.20. The van der Waals surface area contributed by atoms with Crippen molar-refractivity contribution in [3.05, 3.63) is 64.7 Å². The molecule has 2 aromatic carbocycles. The van der Waals surface area contributed by atoms with Crippen LogP contribution in [0.2, 0.25) is 0 Å². The molecule has 0 aliphatic heterocycles. The third-order valence-electron chi connectivity index (χ3n) is 3.20. The molecule has 0 saturated heterocycles. The van der Waals surface area contributed by atoms with Gasteiger partial charge in [-0.2, -0.15) is 0 Å². The van der Waals surface area contributed by atoms with Crippen molar-refractivity contribution in [3.8, 4) is 5.75 Å². The van der Waals surface area contributed by atoms with Crippen molar-refractivity contribution in [3.63, 3.8) is 0 Å². The van der Waals surface area contributed by atoms with Gasteiger partial charge in [0.05, 0.1) is 7.11 Å². The highest BCUT2D eigenvalue weighted by Crippen LogP contribution is 2.29. The van der Waals surface area contributed by atoms with Gasteiger partial charge in [0.2, 0.25) is 0 Å². The summed E-state index contributed by atoms with van der Waals surface area (Å²) in [6, 6.07) is 13.5. The van der Waals surface area contributed by atoms with Gasteiger partial charge in [-0.1, -0.05) is 30.3 Å². The van der Waals surface area contributed by atoms with E-state index in [1.54, 1.807) is 7.11 Å². The fourth-order valence-corrected chi connectivity index (χ4v) is 2.29. The van der Waals surface area contributed by atoms with E-state index in [2.05, 4.69) is 0 Å². The van der Waals surface area contributed by atoms with Gasteiger partial charge in [0.25, 0.3) is 0 Å². The number of carbonyl (C=O) groups is 1. The lowest BCUT2D eigenvalue weighted by molar-refractivity contribution is 0.103. The number of hydrogen-bond donors (Lipinski definition) is 0. The maximum Gasteiger partial charge on any atom is 0.193 e. The molecule has 17 heavy (non-hydrogen) atoms. The SMILES string of the molecule is COc1ccc2c(c1)C(=O)c1ccccc1C2. The minimum Gasteiger partial charge on any atom is -0.497 e. The lowest BCUT2D eigenvalue weighted by atomic mass is 9.85. The second-order valence-corrected chi connectivity index (χ2v) is 4.19. The molecule has 0 fully saturated rings. The fourth-order valence-electron chi connectivity index (χ4n) is 2.29. The van der Waals surface area contributed by atoms with Crippen LogP contribution in [0.1, 0.15) is 27.0 Å². The molecule has 1 aliphatic rings. The number of benzene rings is 2. The molecule has 1 aliphatic carbocycles. The normalized spacial score (nSPS) is 12.9. The molecule has 0 bridgehead atoms. The van der Waals surface area contributed by atoms with Crippen molar-refractivity contribution in [2.45, 2.75) is 6.42 Å². The summed E-state index contributed by atoms with van der Waals surface area (Å²) in [6.45, 7) is 0. The lowest BCUT2D eigenvalue weighted by Gasteiger charge is -2.18. The Hall–Kier alpha value is -2.09. The molecule has 0 unspecified atom stereocenters. The lowest BCUT2D eigenvalue weighted by Crippen LogP contribution is -2.14. The highest BCUT2D eigenvalue weighted by Gasteiger charge is 2.22. The van der Waals surface area contributed by atoms with Gasteiger partial charge in [-0.3, -0.25) is 4.79 Å². The summed E-state index contributed by atoms with van der Waals surface area (Å²) in [5.41, 5.74) is 3.76. The summed E-state index contributed by atoms with van der Waals surface area (Å²) >= 11 is 0. The number of carbonyl (C=O) groups excluding carboxylic acids is 1. The van der Waals surface area contributed by atoms with Crippen LogP contribution in [0, 0.1) is 0 Å². The van der Waals surface area contributed by atoms with Crippen molar-refractivity contribution in [2.75, 3.05) is 7.11 Å². The predicted molar refractivity (Wildman–Crippen MR) is 65.7 cm³/mol. The Morgan fingerprint density at radius 2 is 1.76 bits per heavy atom. The summed E-state index contributed by atoms with van der Waals surface area (Å²) in [4.78, 5) is 12.3. The van der Waals surface area contributed by atoms with Crippen LogP contribution in [0.15, 0.2) is 42.5 Å². The Balaban J connectivity index is 2.17. The van der Waals surface area contributed by atoms with E-state index in [0.717, 1.165) is 34.4 Å². The number of ether oxygens (including phenoxy) is 1. The predicted octanol–water partition coefficient (Wildman–Crippen LogP) is 2.83. The number of ketones is 1. The van der Waals surface area contributed by atoms with Crippen LogP contribution < -0.4 is 4.74 Å². The molecule has 2 aromatic rings. The van der Waals surface area contributed by atoms with Crippen molar-refractivity contribution in [1.29, 1.82) is 0 Å². The van der Waals surface area contributed by atoms with E-state index in [9.17, 15) is 4.79 Å². The topological polar surface area (TPSA) is 26.3 Å². The largest absolute Gasteiger partial charge is 0.497 e. The summed E-state index contributed by atoms with van der Waals surface area (Å²) in [5, 5.41) is 0. The van der Waals surface area contributed by atoms with Crippen LogP contribution in [-0.4, -0.2) is 12.9 Å².